The summed E-state index contributed by atoms with van der Waals surface area (Å²) in [5.74, 6) is 0.0638. The number of nitrogens with one attached hydrogen (secondary N) is 1. The van der Waals surface area contributed by atoms with Gasteiger partial charge in [-0.05, 0) is 42.2 Å². The van der Waals surface area contributed by atoms with Crippen LogP contribution in [0.1, 0.15) is 26.7 Å². The minimum absolute atomic E-state index is 0.0638. The monoisotopic (exact) mass is 462 g/mol. The molecular weight excluding hydrogens is 444 g/mol. The Bertz CT molecular complexity index is 1470. The van der Waals surface area contributed by atoms with Gasteiger partial charge in [0.05, 0.1) is 22.1 Å². The summed E-state index contributed by atoms with van der Waals surface area (Å²) in [5, 5.41) is 10.4. The normalized spacial score (nSPS) is 16.8. The highest BCUT2D eigenvalue weighted by Crippen LogP contribution is 2.38. The summed E-state index contributed by atoms with van der Waals surface area (Å²) in [6.45, 7) is 4.11. The molecule has 7 heteroatoms. The Morgan fingerprint density at radius 3 is 2.63 bits per heavy atom. The van der Waals surface area contributed by atoms with Crippen LogP contribution in [0.15, 0.2) is 73.7 Å². The van der Waals surface area contributed by atoms with Crippen molar-refractivity contribution >= 4 is 54.9 Å². The second-order valence-electron chi connectivity index (χ2n) is 8.49. The van der Waals surface area contributed by atoms with Gasteiger partial charge in [-0.25, -0.2) is 0 Å². The number of ketones is 1. The Hall–Kier alpha value is -3.06. The van der Waals surface area contributed by atoms with Gasteiger partial charge < -0.3 is 4.98 Å². The molecule has 1 N–H and O–H groups in total. The Kier molecular flexibility index (Phi) is 4.25. The zero-order chi connectivity index (χ0) is 21.0. The molecule has 150 valence electrons. The number of carbonyl (C=O) groups is 1. The van der Waals surface area contributed by atoms with E-state index in [2.05, 4.69) is 45.0 Å². The molecule has 2 heterocycles. The Balaban J connectivity index is 1.79. The van der Waals surface area contributed by atoms with Gasteiger partial charge in [0.25, 0.3) is 5.56 Å². The first-order chi connectivity index (χ1) is 14.3. The zero-order valence-electron chi connectivity index (χ0n) is 16.6. The summed E-state index contributed by atoms with van der Waals surface area (Å²) in [4.78, 5) is 28.7. The number of nitrogens with zero attached hydrogens (tertiary/aromatic N) is 3. The van der Waals surface area contributed by atoms with Gasteiger partial charge in [0, 0.05) is 22.4 Å². The molecule has 2 aromatic heterocycles. The van der Waals surface area contributed by atoms with Crippen molar-refractivity contribution in [2.24, 2.45) is 15.6 Å². The standard InChI is InChI=1S/C23H19BrN4O2/c1-23(2)11-14(10-15(29)12-23)26-27-20-17-9-13(24)7-8-19(17)28-21(20)25-18-6-4-3-5-16(18)22(28)30/h3-10,25H,11-12H2,1-2H3. The molecule has 0 radical (unpaired) electrons. The molecule has 0 aliphatic heterocycles. The Morgan fingerprint density at radius 1 is 1.03 bits per heavy atom. The molecule has 0 fully saturated rings. The molecule has 4 aromatic rings. The van der Waals surface area contributed by atoms with E-state index < -0.39 is 0 Å². The van der Waals surface area contributed by atoms with Crippen LogP contribution in [0.4, 0.5) is 5.69 Å². The van der Waals surface area contributed by atoms with Gasteiger partial charge >= 0.3 is 0 Å². The molecule has 0 saturated heterocycles. The Morgan fingerprint density at radius 2 is 1.83 bits per heavy atom. The fourth-order valence-electron chi connectivity index (χ4n) is 4.19. The van der Waals surface area contributed by atoms with Crippen molar-refractivity contribution in [2.75, 3.05) is 0 Å². The summed E-state index contributed by atoms with van der Waals surface area (Å²) in [6.07, 6.45) is 2.76. The molecule has 0 atom stereocenters. The lowest BCUT2D eigenvalue weighted by molar-refractivity contribution is -0.117. The summed E-state index contributed by atoms with van der Waals surface area (Å²) >= 11 is 3.51. The molecule has 30 heavy (non-hydrogen) atoms. The lowest BCUT2D eigenvalue weighted by Gasteiger charge is -2.26. The SMILES string of the molecule is CC1(C)CC(=O)C=C(N=Nc2c3cc(Br)ccc3n3c(=O)c4ccccc4[nH]c23)C1. The number of aromatic amines is 1. The second kappa shape index (κ2) is 6.74. The third-order valence-corrected chi connectivity index (χ3v) is 5.93. The van der Waals surface area contributed by atoms with Crippen LogP contribution in [0.3, 0.4) is 0 Å². The first kappa shape index (κ1) is 18.9. The van der Waals surface area contributed by atoms with Crippen LogP contribution in [0.5, 0.6) is 0 Å². The van der Waals surface area contributed by atoms with E-state index in [-0.39, 0.29) is 16.8 Å². The first-order valence-corrected chi connectivity index (χ1v) is 10.5. The number of halogens is 1. The van der Waals surface area contributed by atoms with Crippen LogP contribution in [0.2, 0.25) is 0 Å². The van der Waals surface area contributed by atoms with Crippen LogP contribution in [-0.4, -0.2) is 15.2 Å². The van der Waals surface area contributed by atoms with E-state index in [1.165, 1.54) is 0 Å². The van der Waals surface area contributed by atoms with Crippen LogP contribution >= 0.6 is 15.9 Å². The molecule has 2 aromatic carbocycles. The highest BCUT2D eigenvalue weighted by Gasteiger charge is 2.27. The van der Waals surface area contributed by atoms with Crippen molar-refractivity contribution in [3.63, 3.8) is 0 Å². The lowest BCUT2D eigenvalue weighted by Crippen LogP contribution is -2.21. The largest absolute Gasteiger partial charge is 0.339 e. The molecule has 5 rings (SSSR count). The van der Waals surface area contributed by atoms with Gasteiger partial charge in [-0.3, -0.25) is 14.0 Å². The summed E-state index contributed by atoms with van der Waals surface area (Å²) in [5.41, 5.74) is 3.05. The minimum Gasteiger partial charge on any atom is -0.339 e. The van der Waals surface area contributed by atoms with Gasteiger partial charge in [0.1, 0.15) is 11.3 Å². The maximum Gasteiger partial charge on any atom is 0.266 e. The van der Waals surface area contributed by atoms with Crippen LogP contribution < -0.4 is 5.56 Å². The number of H-pyrrole nitrogens is 1. The first-order valence-electron chi connectivity index (χ1n) is 9.72. The smallest absolute Gasteiger partial charge is 0.266 e. The van der Waals surface area contributed by atoms with Crippen molar-refractivity contribution in [1.82, 2.24) is 9.38 Å². The van der Waals surface area contributed by atoms with Crippen molar-refractivity contribution in [3.8, 4) is 0 Å². The van der Waals surface area contributed by atoms with E-state index in [9.17, 15) is 9.59 Å². The number of hydrogen-bond acceptors (Lipinski definition) is 4. The molecule has 0 saturated carbocycles. The molecule has 6 nitrogen and oxygen atoms in total. The lowest BCUT2D eigenvalue weighted by atomic mass is 9.79. The van der Waals surface area contributed by atoms with Crippen molar-refractivity contribution in [1.29, 1.82) is 0 Å². The molecule has 0 spiro atoms. The average molecular weight is 463 g/mol. The van der Waals surface area contributed by atoms with E-state index in [0.717, 1.165) is 20.9 Å². The van der Waals surface area contributed by atoms with Crippen LogP contribution in [-0.2, 0) is 4.79 Å². The fourth-order valence-corrected chi connectivity index (χ4v) is 4.55. The maximum atomic E-state index is 13.2. The number of carbonyl (C=O) groups excluding carboxylic acids is 1. The number of benzene rings is 2. The van der Waals surface area contributed by atoms with Gasteiger partial charge in [0.2, 0.25) is 0 Å². The third kappa shape index (κ3) is 3.10. The van der Waals surface area contributed by atoms with Gasteiger partial charge in [-0.2, -0.15) is 5.11 Å². The maximum absolute atomic E-state index is 13.2. The number of allylic oxidation sites excluding steroid dienone is 2. The van der Waals surface area contributed by atoms with Gasteiger partial charge in [-0.1, -0.05) is 41.9 Å². The van der Waals surface area contributed by atoms with E-state index in [1.807, 2.05) is 36.4 Å². The van der Waals surface area contributed by atoms with Crippen molar-refractivity contribution in [3.05, 3.63) is 69.1 Å². The third-order valence-electron chi connectivity index (χ3n) is 5.43. The van der Waals surface area contributed by atoms with Crippen LogP contribution in [0, 0.1) is 5.41 Å². The number of hydrogen-bond donors (Lipinski definition) is 1. The Labute approximate surface area is 180 Å². The van der Waals surface area contributed by atoms with Crippen molar-refractivity contribution in [2.45, 2.75) is 26.7 Å². The zero-order valence-corrected chi connectivity index (χ0v) is 18.2. The highest BCUT2D eigenvalue weighted by atomic mass is 79.9. The predicted octanol–water partition coefficient (Wildman–Crippen LogP) is 6.05. The topological polar surface area (TPSA) is 79.1 Å². The predicted molar refractivity (Wildman–Crippen MR) is 121 cm³/mol. The van der Waals surface area contributed by atoms with Gasteiger partial charge in [0.15, 0.2) is 5.78 Å². The molecular formula is C23H19BrN4O2. The molecule has 1 aliphatic rings. The molecule has 0 unspecified atom stereocenters. The molecule has 0 bridgehead atoms. The number of para-hydroxylation sites is 1. The second-order valence-corrected chi connectivity index (χ2v) is 9.41. The highest BCUT2D eigenvalue weighted by molar-refractivity contribution is 9.10. The summed E-state index contributed by atoms with van der Waals surface area (Å²) < 4.78 is 2.52. The number of rotatable bonds is 2. The van der Waals surface area contributed by atoms with E-state index in [4.69, 9.17) is 0 Å². The number of aromatic nitrogens is 2. The van der Waals surface area contributed by atoms with Crippen molar-refractivity contribution < 1.29 is 4.79 Å². The van der Waals surface area contributed by atoms with E-state index >= 15 is 0 Å². The fraction of sp³-hybridized carbons (Fsp3) is 0.217. The van der Waals surface area contributed by atoms with E-state index in [0.29, 0.717) is 35.3 Å². The summed E-state index contributed by atoms with van der Waals surface area (Å²) in [6, 6.07) is 13.1. The molecule has 1 aliphatic carbocycles. The van der Waals surface area contributed by atoms with Gasteiger partial charge in [-0.15, -0.1) is 5.11 Å². The number of fused-ring (bicyclic) bond motifs is 4. The average Bonchev–Trinajstić information content (AvgIpc) is 2.98. The van der Waals surface area contributed by atoms with Crippen LogP contribution in [0.25, 0.3) is 27.5 Å². The quantitative estimate of drug-likeness (QED) is 0.367. The number of azo groups is 1. The molecule has 0 amide bonds. The minimum atomic E-state index is -0.140. The van der Waals surface area contributed by atoms with E-state index in [1.54, 1.807) is 16.5 Å². The summed E-state index contributed by atoms with van der Waals surface area (Å²) in [7, 11) is 0.